The molecule has 4 heteroatoms. The Bertz CT molecular complexity index is 4850. The van der Waals surface area contributed by atoms with Gasteiger partial charge in [0.25, 0.3) is 0 Å². The summed E-state index contributed by atoms with van der Waals surface area (Å²) in [5.74, 6) is 1.48. The lowest BCUT2D eigenvalue weighted by molar-refractivity contribution is -0.660. The third-order valence-electron chi connectivity index (χ3n) is 20.1. The molecule has 0 saturated heterocycles. The van der Waals surface area contributed by atoms with Crippen LogP contribution in [-0.2, 0) is 21.1 Å². The molecule has 454 valence electrons. The minimum atomic E-state index is 0.721. The molecule has 4 aromatic heterocycles. The van der Waals surface area contributed by atoms with Gasteiger partial charge in [-0.1, -0.05) is 196 Å². The molecule has 0 radical (unpaired) electrons. The average Bonchev–Trinajstić information content (AvgIpc) is 1.67. The van der Waals surface area contributed by atoms with E-state index >= 15 is 0 Å². The van der Waals surface area contributed by atoms with Gasteiger partial charge in [0.1, 0.15) is 21.1 Å². The van der Waals surface area contributed by atoms with Crippen LogP contribution in [0.2, 0.25) is 0 Å². The smallest absolute Gasteiger partial charge is 0.201 e. The zero-order valence-corrected chi connectivity index (χ0v) is 56.1. The zero-order chi connectivity index (χ0) is 62.9. The molecular formula is C87H88N3S+3. The van der Waals surface area contributed by atoms with Crippen LogP contribution >= 0.6 is 11.3 Å². The highest BCUT2D eigenvalue weighted by Gasteiger charge is 2.24. The standard InChI is InChI=1S/C32H32NS.C30H32N.C25H24N/c1-21-11-7-8-14-24(21)30-19-29(22(2)20-33(30)3)28-18-10-17-27-26-16-9-15-25(31(26)34-32(27)28)23-12-5-4-6-13-23;1-21-9-7-8-12-28(21)30-17-22(2)29(20-31(30)3)27-16-15-25-18-24(13-14-26(25)19-27)23-10-5-4-6-11-23;1-17-9-10-21-15-22(12-11-20(21)13-17)24-16-26(4)25(14-19(24)3)23-8-6-5-7-18(23)2/h7-11,14-20,23H,4-6,12-13H2,1-3H3;7-9,12-20,23H,4-6,10-11H2,1-3H3;5-16H,1-4H3/q3*+1. The Morgan fingerprint density at radius 1 is 0.308 bits per heavy atom. The predicted molar refractivity (Wildman–Crippen MR) is 388 cm³/mol. The molecule has 13 aromatic rings. The van der Waals surface area contributed by atoms with E-state index in [1.54, 1.807) is 5.56 Å². The van der Waals surface area contributed by atoms with Crippen LogP contribution in [0.5, 0.6) is 0 Å². The van der Waals surface area contributed by atoms with Crippen LogP contribution in [0, 0.1) is 48.5 Å². The van der Waals surface area contributed by atoms with Crippen molar-refractivity contribution < 1.29 is 13.7 Å². The van der Waals surface area contributed by atoms with Crippen molar-refractivity contribution in [1.82, 2.24) is 0 Å². The van der Waals surface area contributed by atoms with Crippen molar-refractivity contribution in [3.8, 4) is 67.2 Å². The maximum absolute atomic E-state index is 2.43. The zero-order valence-electron chi connectivity index (χ0n) is 55.3. The summed E-state index contributed by atoms with van der Waals surface area (Å²) in [7, 11) is 6.45. The van der Waals surface area contributed by atoms with E-state index in [1.165, 1.54) is 218 Å². The van der Waals surface area contributed by atoms with Gasteiger partial charge < -0.3 is 0 Å². The molecule has 0 unspecified atom stereocenters. The van der Waals surface area contributed by atoms with Crippen molar-refractivity contribution in [3.05, 3.63) is 269 Å². The molecule has 0 bridgehead atoms. The van der Waals surface area contributed by atoms with Crippen molar-refractivity contribution in [3.63, 3.8) is 0 Å². The van der Waals surface area contributed by atoms with Gasteiger partial charge in [0.15, 0.2) is 18.6 Å². The minimum Gasteiger partial charge on any atom is -0.201 e. The molecule has 2 aliphatic carbocycles. The molecule has 9 aromatic carbocycles. The first-order valence-electron chi connectivity index (χ1n) is 33.4. The number of hydrogen-bond donors (Lipinski definition) is 0. The van der Waals surface area contributed by atoms with Crippen LogP contribution in [-0.4, -0.2) is 0 Å². The van der Waals surface area contributed by atoms with Crippen molar-refractivity contribution in [2.45, 2.75) is 125 Å². The number of thiophene rings is 1. The maximum Gasteiger partial charge on any atom is 0.213 e. The van der Waals surface area contributed by atoms with Crippen molar-refractivity contribution >= 4 is 53.1 Å². The molecular weight excluding hydrogens is 1120 g/mol. The van der Waals surface area contributed by atoms with E-state index < -0.39 is 0 Å². The van der Waals surface area contributed by atoms with Crippen molar-refractivity contribution in [2.24, 2.45) is 21.1 Å². The second kappa shape index (κ2) is 26.6. The second-order valence-electron chi connectivity index (χ2n) is 26.6. The Balaban J connectivity index is 0.000000126. The van der Waals surface area contributed by atoms with Gasteiger partial charge in [-0.15, -0.1) is 11.3 Å². The van der Waals surface area contributed by atoms with Gasteiger partial charge in [0.05, 0.1) is 0 Å². The minimum absolute atomic E-state index is 0.721. The lowest BCUT2D eigenvalue weighted by Crippen LogP contribution is -2.31. The molecule has 0 amide bonds. The molecule has 2 fully saturated rings. The van der Waals surface area contributed by atoms with E-state index in [0.29, 0.717) is 0 Å². The number of fused-ring (bicyclic) bond motifs is 5. The summed E-state index contributed by atoms with van der Waals surface area (Å²) in [6.07, 6.45) is 20.6. The lowest BCUT2D eigenvalue weighted by atomic mass is 9.83. The summed E-state index contributed by atoms with van der Waals surface area (Å²) in [4.78, 5) is 0. The summed E-state index contributed by atoms with van der Waals surface area (Å²) in [6, 6.07) is 74.3. The fourth-order valence-electron chi connectivity index (χ4n) is 15.0. The number of rotatable bonds is 8. The number of benzene rings is 9. The Labute approximate surface area is 545 Å². The summed E-state index contributed by atoms with van der Waals surface area (Å²) >= 11 is 2.01. The van der Waals surface area contributed by atoms with Gasteiger partial charge in [-0.05, 0) is 193 Å². The summed E-state index contributed by atoms with van der Waals surface area (Å²) in [5.41, 5.74) is 27.8. The van der Waals surface area contributed by atoms with Crippen LogP contribution < -0.4 is 13.7 Å². The fraction of sp³-hybridized carbons (Fsp3) is 0.253. The number of aromatic nitrogens is 3. The highest BCUT2D eigenvalue weighted by atomic mass is 32.1. The number of hydrogen-bond acceptors (Lipinski definition) is 1. The fourth-order valence-corrected chi connectivity index (χ4v) is 16.4. The van der Waals surface area contributed by atoms with E-state index in [4.69, 9.17) is 0 Å². The quantitative estimate of drug-likeness (QED) is 0.134. The van der Waals surface area contributed by atoms with E-state index in [2.05, 4.69) is 302 Å². The normalized spacial score (nSPS) is 13.7. The Morgan fingerprint density at radius 3 is 1.30 bits per heavy atom. The van der Waals surface area contributed by atoms with Crippen LogP contribution in [0.25, 0.3) is 109 Å². The average molecular weight is 1210 g/mol. The van der Waals surface area contributed by atoms with Gasteiger partial charge in [0.2, 0.25) is 17.1 Å². The van der Waals surface area contributed by atoms with Crippen molar-refractivity contribution in [2.75, 3.05) is 0 Å². The summed E-state index contributed by atoms with van der Waals surface area (Å²) < 4.78 is 9.71. The SMILES string of the molecule is Cc1c[n+](C)c(-c2ccccc2C)cc1-c1cccc2c1sc1c(C3CCCCC3)cccc12.Cc1cc(-c2ccccc2C)[n+](C)cc1-c1ccc2cc(C3CCCCC3)ccc2c1.Cc1ccc2cc(-c3c[n+](C)c(-c4ccccc4C)cc3C)ccc2c1. The first-order chi connectivity index (χ1) is 44.2. The van der Waals surface area contributed by atoms with E-state index in [9.17, 15) is 0 Å². The largest absolute Gasteiger partial charge is 0.213 e. The number of pyridine rings is 3. The van der Waals surface area contributed by atoms with Gasteiger partial charge in [-0.25, -0.2) is 13.7 Å². The van der Waals surface area contributed by atoms with E-state index in [0.717, 1.165) is 11.8 Å². The highest BCUT2D eigenvalue weighted by Crippen LogP contribution is 2.46. The highest BCUT2D eigenvalue weighted by molar-refractivity contribution is 7.26. The predicted octanol–water partition coefficient (Wildman–Crippen LogP) is 22.5. The monoisotopic (exact) mass is 1210 g/mol. The molecule has 0 aliphatic heterocycles. The van der Waals surface area contributed by atoms with Crippen LogP contribution in [0.4, 0.5) is 0 Å². The first kappa shape index (κ1) is 61.0. The van der Waals surface area contributed by atoms with Gasteiger partial charge in [-0.2, -0.15) is 0 Å². The summed E-state index contributed by atoms with van der Waals surface area (Å²) in [5, 5.41) is 8.13. The third kappa shape index (κ3) is 12.7. The third-order valence-corrected chi connectivity index (χ3v) is 21.5. The van der Waals surface area contributed by atoms with E-state index in [1.807, 2.05) is 11.3 Å². The number of nitrogens with zero attached hydrogens (tertiary/aromatic N) is 3. The maximum atomic E-state index is 2.43. The molecule has 91 heavy (non-hydrogen) atoms. The van der Waals surface area contributed by atoms with Gasteiger partial charge in [0, 0.05) is 77.3 Å². The van der Waals surface area contributed by atoms with Gasteiger partial charge >= 0.3 is 0 Å². The molecule has 4 heterocycles. The molecule has 0 spiro atoms. The molecule has 3 nitrogen and oxygen atoms in total. The molecule has 0 atom stereocenters. The first-order valence-corrected chi connectivity index (χ1v) is 34.2. The summed E-state index contributed by atoms with van der Waals surface area (Å²) in [6.45, 7) is 15.4. The van der Waals surface area contributed by atoms with Crippen molar-refractivity contribution in [1.29, 1.82) is 0 Å². The molecule has 2 saturated carbocycles. The van der Waals surface area contributed by atoms with E-state index in [-0.39, 0.29) is 0 Å². The topological polar surface area (TPSA) is 11.6 Å². The molecule has 15 rings (SSSR count). The van der Waals surface area contributed by atoms with Gasteiger partial charge in [-0.3, -0.25) is 0 Å². The van der Waals surface area contributed by atoms with Crippen LogP contribution in [0.1, 0.15) is 126 Å². The Morgan fingerprint density at radius 2 is 0.747 bits per heavy atom. The van der Waals surface area contributed by atoms with Crippen LogP contribution in [0.15, 0.2) is 219 Å². The molecule has 0 N–H and O–H groups in total. The molecule has 2 aliphatic rings. The van der Waals surface area contributed by atoms with Crippen LogP contribution in [0.3, 0.4) is 0 Å². The Hall–Kier alpha value is -8.83. The number of aryl methyl sites for hydroxylation is 10. The Kier molecular flexibility index (Phi) is 17.8. The second-order valence-corrected chi connectivity index (χ2v) is 27.6. The lowest BCUT2D eigenvalue weighted by Gasteiger charge is -2.22.